The summed E-state index contributed by atoms with van der Waals surface area (Å²) in [4.78, 5) is 14.8. The van der Waals surface area contributed by atoms with E-state index in [9.17, 15) is 0 Å². The second-order valence-electron chi connectivity index (χ2n) is 7.08. The van der Waals surface area contributed by atoms with Gasteiger partial charge in [0, 0.05) is 51.0 Å². The van der Waals surface area contributed by atoms with Crippen molar-refractivity contribution in [3.63, 3.8) is 0 Å². The Kier molecular flexibility index (Phi) is 4.90. The molecule has 2 aromatic heterocycles. The van der Waals surface area contributed by atoms with Gasteiger partial charge < -0.3 is 9.47 Å². The molecule has 1 atom stereocenters. The van der Waals surface area contributed by atoms with Gasteiger partial charge in [-0.2, -0.15) is 0 Å². The van der Waals surface area contributed by atoms with E-state index >= 15 is 0 Å². The van der Waals surface area contributed by atoms with Crippen molar-refractivity contribution in [1.29, 1.82) is 0 Å². The number of rotatable bonds is 6. The zero-order valence-electron chi connectivity index (χ0n) is 14.4. The lowest BCUT2D eigenvalue weighted by atomic mass is 9.79. The standard InChI is InChI=1S/C19H24N4O2/c1-2-17(11-20-5-1)13-23-14-19(15-23)10-16(4-9-25-19)3-8-24-18-12-21-6-7-22-18/h1-2,5-7,11-12,16H,3-4,8-10,13-15H2/t16-/m1/s1. The van der Waals surface area contributed by atoms with E-state index < -0.39 is 0 Å². The summed E-state index contributed by atoms with van der Waals surface area (Å²) in [7, 11) is 0. The number of hydrogen-bond donors (Lipinski definition) is 0. The van der Waals surface area contributed by atoms with Gasteiger partial charge in [0.1, 0.15) is 0 Å². The van der Waals surface area contributed by atoms with Gasteiger partial charge in [0.2, 0.25) is 5.88 Å². The van der Waals surface area contributed by atoms with Crippen molar-refractivity contribution in [2.75, 3.05) is 26.3 Å². The molecule has 2 fully saturated rings. The molecular weight excluding hydrogens is 316 g/mol. The van der Waals surface area contributed by atoms with Crippen molar-refractivity contribution < 1.29 is 9.47 Å². The first-order chi connectivity index (χ1) is 12.3. The van der Waals surface area contributed by atoms with E-state index in [1.54, 1.807) is 18.6 Å². The largest absolute Gasteiger partial charge is 0.477 e. The van der Waals surface area contributed by atoms with Crippen molar-refractivity contribution in [2.24, 2.45) is 5.92 Å². The highest BCUT2D eigenvalue weighted by molar-refractivity contribution is 5.11. The van der Waals surface area contributed by atoms with Crippen molar-refractivity contribution in [3.05, 3.63) is 48.7 Å². The third kappa shape index (κ3) is 4.14. The van der Waals surface area contributed by atoms with E-state index in [2.05, 4.69) is 25.9 Å². The van der Waals surface area contributed by atoms with Crippen LogP contribution in [0.4, 0.5) is 0 Å². The number of pyridine rings is 1. The number of ether oxygens (including phenoxy) is 2. The Balaban J connectivity index is 1.22. The van der Waals surface area contributed by atoms with Crippen LogP contribution in [0.1, 0.15) is 24.8 Å². The number of hydrogen-bond acceptors (Lipinski definition) is 6. The highest BCUT2D eigenvalue weighted by Gasteiger charge is 2.47. The van der Waals surface area contributed by atoms with Gasteiger partial charge in [-0.05, 0) is 36.8 Å². The Morgan fingerprint density at radius 3 is 2.92 bits per heavy atom. The fourth-order valence-corrected chi connectivity index (χ4v) is 3.92. The van der Waals surface area contributed by atoms with Crippen LogP contribution in [0.25, 0.3) is 0 Å². The third-order valence-electron chi connectivity index (χ3n) is 5.06. The Morgan fingerprint density at radius 2 is 2.12 bits per heavy atom. The zero-order chi connectivity index (χ0) is 17.0. The van der Waals surface area contributed by atoms with E-state index in [-0.39, 0.29) is 5.60 Å². The molecule has 0 amide bonds. The van der Waals surface area contributed by atoms with E-state index in [0.29, 0.717) is 18.4 Å². The van der Waals surface area contributed by atoms with Crippen molar-refractivity contribution in [3.8, 4) is 5.88 Å². The van der Waals surface area contributed by atoms with Crippen LogP contribution < -0.4 is 4.74 Å². The SMILES string of the molecule is c1cncc(CN2CC3(C[C@H](CCOc4cnccn4)CCO3)C2)c1. The fourth-order valence-electron chi connectivity index (χ4n) is 3.92. The van der Waals surface area contributed by atoms with Crippen molar-refractivity contribution >= 4 is 0 Å². The lowest BCUT2D eigenvalue weighted by Gasteiger charge is -2.53. The maximum atomic E-state index is 6.14. The summed E-state index contributed by atoms with van der Waals surface area (Å²) in [5, 5.41) is 0. The Hall–Kier alpha value is -2.05. The molecule has 1 spiro atoms. The molecule has 0 N–H and O–H groups in total. The quantitative estimate of drug-likeness (QED) is 0.804. The third-order valence-corrected chi connectivity index (χ3v) is 5.06. The maximum absolute atomic E-state index is 6.14. The predicted octanol–water partition coefficient (Wildman–Crippen LogP) is 2.32. The van der Waals surface area contributed by atoms with Crippen LogP contribution in [0.2, 0.25) is 0 Å². The zero-order valence-corrected chi connectivity index (χ0v) is 14.4. The van der Waals surface area contributed by atoms with E-state index in [1.165, 1.54) is 5.56 Å². The molecule has 6 nitrogen and oxygen atoms in total. The lowest BCUT2D eigenvalue weighted by molar-refractivity contribution is -0.182. The fraction of sp³-hybridized carbons (Fsp3) is 0.526. The average molecular weight is 340 g/mol. The lowest BCUT2D eigenvalue weighted by Crippen LogP contribution is -2.64. The Morgan fingerprint density at radius 1 is 1.20 bits per heavy atom. The normalized spacial score (nSPS) is 22.5. The number of aromatic nitrogens is 3. The van der Waals surface area contributed by atoms with Crippen LogP contribution in [-0.2, 0) is 11.3 Å². The first-order valence-electron chi connectivity index (χ1n) is 8.95. The van der Waals surface area contributed by atoms with E-state index in [4.69, 9.17) is 9.47 Å². The number of likely N-dealkylation sites (tertiary alicyclic amines) is 1. The second kappa shape index (κ2) is 7.45. The van der Waals surface area contributed by atoms with Crippen molar-refractivity contribution in [1.82, 2.24) is 19.9 Å². The van der Waals surface area contributed by atoms with E-state index in [0.717, 1.165) is 45.5 Å². The molecule has 2 aliphatic heterocycles. The molecule has 0 unspecified atom stereocenters. The molecule has 6 heteroatoms. The molecule has 2 saturated heterocycles. The molecule has 0 radical (unpaired) electrons. The monoisotopic (exact) mass is 340 g/mol. The molecule has 0 saturated carbocycles. The molecule has 132 valence electrons. The molecule has 0 aromatic carbocycles. The summed E-state index contributed by atoms with van der Waals surface area (Å²) in [5.74, 6) is 1.27. The maximum Gasteiger partial charge on any atom is 0.232 e. The highest BCUT2D eigenvalue weighted by Crippen LogP contribution is 2.38. The van der Waals surface area contributed by atoms with Crippen LogP contribution in [0.3, 0.4) is 0 Å². The molecule has 4 heterocycles. The first kappa shape index (κ1) is 16.4. The van der Waals surface area contributed by atoms with Crippen LogP contribution in [-0.4, -0.2) is 51.8 Å². The highest BCUT2D eigenvalue weighted by atomic mass is 16.5. The molecule has 4 rings (SSSR count). The molecule has 2 aliphatic rings. The van der Waals surface area contributed by atoms with Crippen LogP contribution in [0, 0.1) is 5.92 Å². The summed E-state index contributed by atoms with van der Waals surface area (Å²) in [6.45, 7) is 4.54. The van der Waals surface area contributed by atoms with Crippen LogP contribution >= 0.6 is 0 Å². The number of nitrogens with zero attached hydrogens (tertiary/aromatic N) is 4. The van der Waals surface area contributed by atoms with Gasteiger partial charge in [-0.25, -0.2) is 4.98 Å². The van der Waals surface area contributed by atoms with Gasteiger partial charge in [-0.3, -0.25) is 14.9 Å². The van der Waals surface area contributed by atoms with Crippen LogP contribution in [0.15, 0.2) is 43.1 Å². The Labute approximate surface area is 148 Å². The Bertz CT molecular complexity index is 662. The van der Waals surface area contributed by atoms with Gasteiger partial charge in [-0.1, -0.05) is 6.07 Å². The predicted molar refractivity (Wildman–Crippen MR) is 93.1 cm³/mol. The van der Waals surface area contributed by atoms with Gasteiger partial charge in [-0.15, -0.1) is 0 Å². The minimum Gasteiger partial charge on any atom is -0.477 e. The summed E-state index contributed by atoms with van der Waals surface area (Å²) < 4.78 is 11.8. The minimum absolute atomic E-state index is 0.0533. The average Bonchev–Trinajstić information content (AvgIpc) is 2.63. The molecule has 0 bridgehead atoms. The van der Waals surface area contributed by atoms with Crippen LogP contribution in [0.5, 0.6) is 5.88 Å². The van der Waals surface area contributed by atoms with E-state index in [1.807, 2.05) is 18.5 Å². The topological polar surface area (TPSA) is 60.4 Å². The summed E-state index contributed by atoms with van der Waals surface area (Å²) in [5.41, 5.74) is 1.32. The van der Waals surface area contributed by atoms with Crippen molar-refractivity contribution in [2.45, 2.75) is 31.4 Å². The summed E-state index contributed by atoms with van der Waals surface area (Å²) in [6.07, 6.45) is 12.0. The molecule has 25 heavy (non-hydrogen) atoms. The van der Waals surface area contributed by atoms with Gasteiger partial charge >= 0.3 is 0 Å². The van der Waals surface area contributed by atoms with Gasteiger partial charge in [0.05, 0.1) is 18.4 Å². The van der Waals surface area contributed by atoms with Gasteiger partial charge in [0.25, 0.3) is 0 Å². The summed E-state index contributed by atoms with van der Waals surface area (Å²) >= 11 is 0. The summed E-state index contributed by atoms with van der Waals surface area (Å²) in [6, 6.07) is 4.13. The first-order valence-corrected chi connectivity index (χ1v) is 8.95. The smallest absolute Gasteiger partial charge is 0.232 e. The van der Waals surface area contributed by atoms with Gasteiger partial charge in [0.15, 0.2) is 0 Å². The minimum atomic E-state index is 0.0533. The molecule has 0 aliphatic carbocycles. The second-order valence-corrected chi connectivity index (χ2v) is 7.08. The molecule has 2 aromatic rings. The molecular formula is C19H24N4O2.